The van der Waals surface area contributed by atoms with E-state index in [9.17, 15) is 4.79 Å². The Labute approximate surface area is 183 Å². The molecule has 0 spiro atoms. The molecule has 3 heteroatoms. The van der Waals surface area contributed by atoms with Crippen molar-refractivity contribution in [2.24, 2.45) is 0 Å². The van der Waals surface area contributed by atoms with Gasteiger partial charge in [-0.2, -0.15) is 0 Å². The van der Waals surface area contributed by atoms with Crippen LogP contribution in [0.3, 0.4) is 0 Å². The molecule has 2 nitrogen and oxygen atoms in total. The molecule has 2 aromatic carbocycles. The van der Waals surface area contributed by atoms with Crippen molar-refractivity contribution in [1.82, 2.24) is 5.32 Å². The van der Waals surface area contributed by atoms with Gasteiger partial charge in [-0.05, 0) is 33.3 Å². The van der Waals surface area contributed by atoms with Crippen molar-refractivity contribution in [3.8, 4) is 22.6 Å². The molecule has 0 radical (unpaired) electrons. The molecule has 1 amide bonds. The van der Waals surface area contributed by atoms with Gasteiger partial charge in [0.2, 0.25) is 5.91 Å². The first kappa shape index (κ1) is 23.7. The third-order valence-electron chi connectivity index (χ3n) is 5.98. The average molecular weight is 418 g/mol. The van der Waals surface area contributed by atoms with Gasteiger partial charge in [0.1, 0.15) is 8.07 Å². The Hall–Kier alpha value is -2.57. The van der Waals surface area contributed by atoms with Crippen molar-refractivity contribution in [1.29, 1.82) is 0 Å². The van der Waals surface area contributed by atoms with E-state index < -0.39 is 8.07 Å². The number of benzene rings is 2. The summed E-state index contributed by atoms with van der Waals surface area (Å²) in [6.07, 6.45) is 1.88. The maximum absolute atomic E-state index is 11.8. The SMILES string of the molecule is CC(=O)N/C(=C\C#C[Si](C(C)C)(C(C)C)C(C)C)c1ccc(-c2ccccc2)cc1. The Morgan fingerprint density at radius 2 is 1.33 bits per heavy atom. The molecule has 0 heterocycles. The first-order valence-corrected chi connectivity index (χ1v) is 13.1. The van der Waals surface area contributed by atoms with Gasteiger partial charge in [-0.15, -0.1) is 5.54 Å². The smallest absolute Gasteiger partial charge is 0.221 e. The van der Waals surface area contributed by atoms with Gasteiger partial charge in [0.15, 0.2) is 0 Å². The van der Waals surface area contributed by atoms with Gasteiger partial charge in [-0.25, -0.2) is 0 Å². The highest BCUT2D eigenvalue weighted by Crippen LogP contribution is 2.40. The van der Waals surface area contributed by atoms with Gasteiger partial charge >= 0.3 is 0 Å². The third kappa shape index (κ3) is 5.52. The van der Waals surface area contributed by atoms with Crippen LogP contribution in [0.25, 0.3) is 16.8 Å². The van der Waals surface area contributed by atoms with Crippen LogP contribution < -0.4 is 5.32 Å². The second kappa shape index (κ2) is 10.5. The quantitative estimate of drug-likeness (QED) is 0.396. The van der Waals surface area contributed by atoms with Crippen LogP contribution in [0.15, 0.2) is 60.7 Å². The molecule has 0 fully saturated rings. The van der Waals surface area contributed by atoms with E-state index in [1.165, 1.54) is 12.5 Å². The zero-order valence-electron chi connectivity index (χ0n) is 19.4. The van der Waals surface area contributed by atoms with Crippen LogP contribution in [0.2, 0.25) is 16.6 Å². The number of carbonyl (C=O) groups is 1. The Kier molecular flexibility index (Phi) is 8.26. The minimum Gasteiger partial charge on any atom is -0.325 e. The van der Waals surface area contributed by atoms with E-state index >= 15 is 0 Å². The highest BCUT2D eigenvalue weighted by atomic mass is 28.3. The van der Waals surface area contributed by atoms with Gasteiger partial charge < -0.3 is 5.32 Å². The third-order valence-corrected chi connectivity index (χ3v) is 12.3. The fraction of sp³-hybridized carbons (Fsp3) is 0.370. The summed E-state index contributed by atoms with van der Waals surface area (Å²) in [6.45, 7) is 15.4. The normalized spacial score (nSPS) is 12.1. The average Bonchev–Trinajstić information content (AvgIpc) is 2.70. The molecule has 1 N–H and O–H groups in total. The minimum atomic E-state index is -1.81. The standard InChI is InChI=1S/C27H35NOSi/c1-20(2)30(21(3)4,22(5)6)19-11-14-27(28-23(7)29)26-17-15-25(16-18-26)24-12-9-8-10-13-24/h8-10,12-18,20-22H,1-7H3,(H,28,29)/b27-14-. The van der Waals surface area contributed by atoms with Crippen LogP contribution in [0.1, 0.15) is 54.0 Å². The molecular formula is C27H35NOSi. The van der Waals surface area contributed by atoms with E-state index in [0.29, 0.717) is 16.6 Å². The zero-order valence-corrected chi connectivity index (χ0v) is 20.4. The minimum absolute atomic E-state index is 0.0877. The molecule has 2 aromatic rings. The lowest BCUT2D eigenvalue weighted by Gasteiger charge is -2.38. The Morgan fingerprint density at radius 3 is 1.80 bits per heavy atom. The van der Waals surface area contributed by atoms with Crippen molar-refractivity contribution < 1.29 is 4.79 Å². The highest BCUT2D eigenvalue weighted by molar-refractivity contribution is 6.90. The molecular weight excluding hydrogens is 382 g/mol. The van der Waals surface area contributed by atoms with Crippen LogP contribution in [0.4, 0.5) is 0 Å². The number of allylic oxidation sites excluding steroid dienone is 1. The maximum Gasteiger partial charge on any atom is 0.221 e. The summed E-state index contributed by atoms with van der Waals surface area (Å²) in [5.41, 5.74) is 9.48. The maximum atomic E-state index is 11.8. The summed E-state index contributed by atoms with van der Waals surface area (Å²) >= 11 is 0. The lowest BCUT2D eigenvalue weighted by molar-refractivity contribution is -0.117. The van der Waals surface area contributed by atoms with E-state index in [-0.39, 0.29) is 5.91 Å². The monoisotopic (exact) mass is 417 g/mol. The van der Waals surface area contributed by atoms with Crippen LogP contribution in [0.5, 0.6) is 0 Å². The Balaban J connectivity index is 2.42. The number of rotatable bonds is 6. The number of nitrogens with one attached hydrogen (secondary N) is 1. The molecule has 0 saturated carbocycles. The zero-order chi connectivity index (χ0) is 22.3. The van der Waals surface area contributed by atoms with Crippen molar-refractivity contribution in [2.75, 3.05) is 0 Å². The van der Waals surface area contributed by atoms with Gasteiger partial charge in [-0.3, -0.25) is 4.79 Å². The van der Waals surface area contributed by atoms with Crippen molar-refractivity contribution in [3.63, 3.8) is 0 Å². The van der Waals surface area contributed by atoms with Gasteiger partial charge in [0.25, 0.3) is 0 Å². The summed E-state index contributed by atoms with van der Waals surface area (Å²) in [5, 5.41) is 2.96. The van der Waals surface area contributed by atoms with Gasteiger partial charge in [0.05, 0.1) is 5.70 Å². The molecule has 0 aliphatic heterocycles. The van der Waals surface area contributed by atoms with Crippen LogP contribution in [-0.4, -0.2) is 14.0 Å². The van der Waals surface area contributed by atoms with Gasteiger partial charge in [-0.1, -0.05) is 102 Å². The largest absolute Gasteiger partial charge is 0.325 e. The van der Waals surface area contributed by atoms with E-state index in [1.807, 2.05) is 36.4 Å². The molecule has 158 valence electrons. The van der Waals surface area contributed by atoms with Crippen molar-refractivity contribution in [3.05, 3.63) is 66.2 Å². The van der Waals surface area contributed by atoms with E-state index in [2.05, 4.69) is 82.6 Å². The number of carbonyl (C=O) groups excluding carboxylic acids is 1. The predicted molar refractivity (Wildman–Crippen MR) is 132 cm³/mol. The first-order valence-electron chi connectivity index (χ1n) is 10.8. The molecule has 0 aliphatic rings. The number of amides is 1. The van der Waals surface area contributed by atoms with Crippen LogP contribution in [0, 0.1) is 11.5 Å². The molecule has 0 saturated heterocycles. The second-order valence-electron chi connectivity index (χ2n) is 8.85. The van der Waals surface area contributed by atoms with E-state index in [1.54, 1.807) is 0 Å². The lowest BCUT2D eigenvalue weighted by atomic mass is 10.0. The van der Waals surface area contributed by atoms with Crippen molar-refractivity contribution >= 4 is 19.7 Å². The van der Waals surface area contributed by atoms with Gasteiger partial charge in [0, 0.05) is 13.0 Å². The topological polar surface area (TPSA) is 29.1 Å². The lowest BCUT2D eigenvalue weighted by Crippen LogP contribution is -2.43. The summed E-state index contributed by atoms with van der Waals surface area (Å²) in [7, 11) is -1.81. The Morgan fingerprint density at radius 1 is 0.833 bits per heavy atom. The van der Waals surface area contributed by atoms with Crippen LogP contribution in [-0.2, 0) is 4.79 Å². The molecule has 0 aliphatic carbocycles. The predicted octanol–water partition coefficient (Wildman–Crippen LogP) is 7.05. The summed E-state index contributed by atoms with van der Waals surface area (Å²) in [5.74, 6) is 3.27. The molecule has 0 unspecified atom stereocenters. The fourth-order valence-electron chi connectivity index (χ4n) is 4.52. The number of hydrogen-bond donors (Lipinski definition) is 1. The highest BCUT2D eigenvalue weighted by Gasteiger charge is 2.41. The van der Waals surface area contributed by atoms with Crippen LogP contribution >= 0.6 is 0 Å². The second-order valence-corrected chi connectivity index (χ2v) is 14.4. The summed E-state index contributed by atoms with van der Waals surface area (Å²) in [4.78, 5) is 11.8. The number of hydrogen-bond acceptors (Lipinski definition) is 1. The molecule has 0 bridgehead atoms. The molecule has 0 atom stereocenters. The van der Waals surface area contributed by atoms with Crippen molar-refractivity contribution in [2.45, 2.75) is 65.1 Å². The molecule has 0 aromatic heterocycles. The Bertz CT molecular complexity index is 907. The molecule has 2 rings (SSSR count). The summed E-state index contributed by atoms with van der Waals surface area (Å²) in [6, 6.07) is 18.5. The fourth-order valence-corrected chi connectivity index (χ4v) is 9.71. The van der Waals surface area contributed by atoms with E-state index in [4.69, 9.17) is 0 Å². The van der Waals surface area contributed by atoms with E-state index in [0.717, 1.165) is 16.8 Å². The summed E-state index contributed by atoms with van der Waals surface area (Å²) < 4.78 is 0. The molecule has 30 heavy (non-hydrogen) atoms. The first-order chi connectivity index (χ1) is 14.2.